The Bertz CT molecular complexity index is 632. The Morgan fingerprint density at radius 2 is 1.77 bits per heavy atom. The molecule has 0 radical (unpaired) electrons. The van der Waals surface area contributed by atoms with Gasteiger partial charge in [-0.1, -0.05) is 24.3 Å². The number of carbonyl (C=O) groups excluding carboxylic acids is 1. The topological polar surface area (TPSA) is 50.4 Å². The van der Waals surface area contributed by atoms with Crippen LogP contribution in [-0.2, 0) is 4.79 Å². The molecule has 2 aromatic carbocycles. The Labute approximate surface area is 129 Å². The molecule has 0 saturated carbocycles. The number of carbonyl (C=O) groups is 1. The summed E-state index contributed by atoms with van der Waals surface area (Å²) >= 11 is 0. The van der Waals surface area contributed by atoms with Crippen molar-refractivity contribution in [3.8, 4) is 5.75 Å². The largest absolute Gasteiger partial charge is 0.492 e. The summed E-state index contributed by atoms with van der Waals surface area (Å²) < 4.78 is 18.9. The molecule has 2 aromatic rings. The van der Waals surface area contributed by atoms with Gasteiger partial charge in [-0.15, -0.1) is 0 Å². The fourth-order valence-corrected chi connectivity index (χ4v) is 1.98. The maximum absolute atomic E-state index is 13.4. The third-order valence-electron chi connectivity index (χ3n) is 3.00. The van der Waals surface area contributed by atoms with Crippen LogP contribution in [0, 0.1) is 5.82 Å². The predicted octanol–water partition coefficient (Wildman–Crippen LogP) is 3.67. The van der Waals surface area contributed by atoms with Gasteiger partial charge in [-0.05, 0) is 31.2 Å². The summed E-state index contributed by atoms with van der Waals surface area (Å²) in [7, 11) is 0. The zero-order valence-corrected chi connectivity index (χ0v) is 12.4. The van der Waals surface area contributed by atoms with Crippen molar-refractivity contribution in [2.75, 3.05) is 23.8 Å². The standard InChI is InChI=1S/C17H19FN2O2/c1-2-22-16-10-6-5-9-15(16)19-12-11-17(21)20-14-8-4-3-7-13(14)18/h3-10,19H,2,11-12H2,1H3,(H,20,21). The molecule has 0 heterocycles. The molecule has 116 valence electrons. The van der Waals surface area contributed by atoms with Crippen LogP contribution in [0.15, 0.2) is 48.5 Å². The molecule has 4 nitrogen and oxygen atoms in total. The molecule has 0 aliphatic rings. The van der Waals surface area contributed by atoms with E-state index in [2.05, 4.69) is 10.6 Å². The maximum atomic E-state index is 13.4. The number of para-hydroxylation sites is 3. The van der Waals surface area contributed by atoms with E-state index in [0.717, 1.165) is 11.4 Å². The number of amides is 1. The van der Waals surface area contributed by atoms with Crippen molar-refractivity contribution in [3.63, 3.8) is 0 Å². The van der Waals surface area contributed by atoms with E-state index >= 15 is 0 Å². The van der Waals surface area contributed by atoms with Crippen LogP contribution in [0.2, 0.25) is 0 Å². The summed E-state index contributed by atoms with van der Waals surface area (Å²) in [5.74, 6) is 0.0662. The summed E-state index contributed by atoms with van der Waals surface area (Å²) in [6.45, 7) is 2.93. The van der Waals surface area contributed by atoms with E-state index < -0.39 is 5.82 Å². The van der Waals surface area contributed by atoms with Gasteiger partial charge in [-0.25, -0.2) is 4.39 Å². The van der Waals surface area contributed by atoms with Crippen molar-refractivity contribution >= 4 is 17.3 Å². The summed E-state index contributed by atoms with van der Waals surface area (Å²) in [6.07, 6.45) is 0.231. The van der Waals surface area contributed by atoms with Crippen LogP contribution in [-0.4, -0.2) is 19.1 Å². The molecular weight excluding hydrogens is 283 g/mol. The van der Waals surface area contributed by atoms with Gasteiger partial charge >= 0.3 is 0 Å². The molecule has 0 fully saturated rings. The van der Waals surface area contributed by atoms with E-state index in [4.69, 9.17) is 4.74 Å². The van der Waals surface area contributed by atoms with Crippen LogP contribution in [0.25, 0.3) is 0 Å². The highest BCUT2D eigenvalue weighted by atomic mass is 19.1. The number of anilines is 2. The number of halogens is 1. The third-order valence-corrected chi connectivity index (χ3v) is 3.00. The van der Waals surface area contributed by atoms with E-state index in [-0.39, 0.29) is 18.0 Å². The van der Waals surface area contributed by atoms with Gasteiger partial charge in [0.15, 0.2) is 0 Å². The van der Waals surface area contributed by atoms with Crippen LogP contribution in [0.4, 0.5) is 15.8 Å². The average Bonchev–Trinajstić information content (AvgIpc) is 2.51. The molecule has 22 heavy (non-hydrogen) atoms. The van der Waals surface area contributed by atoms with Crippen LogP contribution >= 0.6 is 0 Å². The highest BCUT2D eigenvalue weighted by Crippen LogP contribution is 2.23. The lowest BCUT2D eigenvalue weighted by Crippen LogP contribution is -2.17. The van der Waals surface area contributed by atoms with Crippen molar-refractivity contribution in [2.24, 2.45) is 0 Å². The molecule has 0 atom stereocenters. The predicted molar refractivity (Wildman–Crippen MR) is 85.7 cm³/mol. The molecule has 0 aliphatic heterocycles. The Balaban J connectivity index is 1.84. The molecule has 0 spiro atoms. The smallest absolute Gasteiger partial charge is 0.226 e. The second-order valence-electron chi connectivity index (χ2n) is 4.63. The second-order valence-corrected chi connectivity index (χ2v) is 4.63. The first-order valence-electron chi connectivity index (χ1n) is 7.20. The Morgan fingerprint density at radius 3 is 2.50 bits per heavy atom. The lowest BCUT2D eigenvalue weighted by atomic mass is 10.2. The van der Waals surface area contributed by atoms with E-state index in [0.29, 0.717) is 13.2 Å². The monoisotopic (exact) mass is 302 g/mol. The minimum Gasteiger partial charge on any atom is -0.492 e. The van der Waals surface area contributed by atoms with Gasteiger partial charge in [0, 0.05) is 13.0 Å². The molecular formula is C17H19FN2O2. The van der Waals surface area contributed by atoms with Gasteiger partial charge in [0.2, 0.25) is 5.91 Å². The quantitative estimate of drug-likeness (QED) is 0.820. The maximum Gasteiger partial charge on any atom is 0.226 e. The van der Waals surface area contributed by atoms with Crippen molar-refractivity contribution in [2.45, 2.75) is 13.3 Å². The molecule has 0 bridgehead atoms. The van der Waals surface area contributed by atoms with Crippen LogP contribution < -0.4 is 15.4 Å². The lowest BCUT2D eigenvalue weighted by Gasteiger charge is -2.12. The van der Waals surface area contributed by atoms with Crippen LogP contribution in [0.5, 0.6) is 5.75 Å². The number of benzene rings is 2. The van der Waals surface area contributed by atoms with E-state index in [9.17, 15) is 9.18 Å². The fourth-order valence-electron chi connectivity index (χ4n) is 1.98. The van der Waals surface area contributed by atoms with Gasteiger partial charge in [-0.2, -0.15) is 0 Å². The molecule has 2 rings (SSSR count). The minimum absolute atomic E-state index is 0.196. The molecule has 5 heteroatoms. The molecule has 0 aromatic heterocycles. The molecule has 0 unspecified atom stereocenters. The van der Waals surface area contributed by atoms with Gasteiger partial charge in [-0.3, -0.25) is 4.79 Å². The van der Waals surface area contributed by atoms with Crippen molar-refractivity contribution in [3.05, 3.63) is 54.3 Å². The van der Waals surface area contributed by atoms with Gasteiger partial charge < -0.3 is 15.4 Å². The molecule has 2 N–H and O–H groups in total. The zero-order valence-electron chi connectivity index (χ0n) is 12.4. The molecule has 0 aliphatic carbocycles. The van der Waals surface area contributed by atoms with Crippen LogP contribution in [0.1, 0.15) is 13.3 Å². The van der Waals surface area contributed by atoms with E-state index in [1.54, 1.807) is 12.1 Å². The molecule has 0 saturated heterocycles. The number of hydrogen-bond donors (Lipinski definition) is 2. The normalized spacial score (nSPS) is 10.1. The highest BCUT2D eigenvalue weighted by molar-refractivity contribution is 5.91. The summed E-state index contributed by atoms with van der Waals surface area (Å²) in [5.41, 5.74) is 1.03. The van der Waals surface area contributed by atoms with Crippen LogP contribution in [0.3, 0.4) is 0 Å². The minimum atomic E-state index is -0.439. The van der Waals surface area contributed by atoms with E-state index in [1.807, 2.05) is 31.2 Å². The lowest BCUT2D eigenvalue weighted by molar-refractivity contribution is -0.116. The molecule has 1 amide bonds. The first-order chi connectivity index (χ1) is 10.7. The Morgan fingerprint density at radius 1 is 1.09 bits per heavy atom. The summed E-state index contributed by atoms with van der Waals surface area (Å²) in [6, 6.07) is 13.6. The van der Waals surface area contributed by atoms with Crippen molar-refractivity contribution in [1.29, 1.82) is 0 Å². The van der Waals surface area contributed by atoms with E-state index in [1.165, 1.54) is 12.1 Å². The zero-order chi connectivity index (χ0) is 15.8. The van der Waals surface area contributed by atoms with Gasteiger partial charge in [0.1, 0.15) is 11.6 Å². The second kappa shape index (κ2) is 8.02. The first-order valence-corrected chi connectivity index (χ1v) is 7.20. The van der Waals surface area contributed by atoms with Gasteiger partial charge in [0.25, 0.3) is 0 Å². The number of hydrogen-bond acceptors (Lipinski definition) is 3. The summed E-state index contributed by atoms with van der Waals surface area (Å²) in [5, 5.41) is 5.70. The number of ether oxygens (including phenoxy) is 1. The average molecular weight is 302 g/mol. The first kappa shape index (κ1) is 15.8. The fraction of sp³-hybridized carbons (Fsp3) is 0.235. The highest BCUT2D eigenvalue weighted by Gasteiger charge is 2.07. The third kappa shape index (κ3) is 4.48. The Kier molecular flexibility index (Phi) is 5.77. The van der Waals surface area contributed by atoms with Gasteiger partial charge in [0.05, 0.1) is 18.0 Å². The SMILES string of the molecule is CCOc1ccccc1NCCC(=O)Nc1ccccc1F. The number of rotatable bonds is 7. The van der Waals surface area contributed by atoms with Crippen molar-refractivity contribution in [1.82, 2.24) is 0 Å². The summed E-state index contributed by atoms with van der Waals surface area (Å²) in [4.78, 5) is 11.8. The van der Waals surface area contributed by atoms with Crippen molar-refractivity contribution < 1.29 is 13.9 Å². The number of nitrogens with one attached hydrogen (secondary N) is 2. The Hall–Kier alpha value is -2.56.